The SMILES string of the molecule is COc1ccc(-c2coc3cc(OC(=O)C(F)(F)C(F)(F)F)cc(O)c3c2=O)cc1. The summed E-state index contributed by atoms with van der Waals surface area (Å²) in [6, 6.07) is 7.52. The van der Waals surface area contributed by atoms with Crippen LogP contribution in [0, 0.1) is 0 Å². The Hall–Kier alpha value is -3.63. The number of rotatable bonds is 4. The number of esters is 1. The fourth-order valence-electron chi connectivity index (χ4n) is 2.52. The summed E-state index contributed by atoms with van der Waals surface area (Å²) in [5.74, 6) is -9.85. The third-order valence-electron chi connectivity index (χ3n) is 4.05. The number of ether oxygens (including phenoxy) is 2. The van der Waals surface area contributed by atoms with Crippen LogP contribution in [0.2, 0.25) is 0 Å². The average molecular weight is 430 g/mol. The first-order chi connectivity index (χ1) is 14.0. The number of methoxy groups -OCH3 is 1. The molecule has 0 amide bonds. The maximum atomic E-state index is 13.0. The number of phenolic OH excluding ortho intramolecular Hbond substituents is 1. The molecule has 30 heavy (non-hydrogen) atoms. The molecule has 0 aliphatic heterocycles. The van der Waals surface area contributed by atoms with Crippen molar-refractivity contribution in [2.45, 2.75) is 12.1 Å². The summed E-state index contributed by atoms with van der Waals surface area (Å²) in [7, 11) is 1.45. The van der Waals surface area contributed by atoms with Crippen molar-refractivity contribution in [1.82, 2.24) is 0 Å². The Morgan fingerprint density at radius 2 is 1.67 bits per heavy atom. The zero-order valence-electron chi connectivity index (χ0n) is 14.9. The lowest BCUT2D eigenvalue weighted by molar-refractivity contribution is -0.276. The summed E-state index contributed by atoms with van der Waals surface area (Å²) in [4.78, 5) is 23.9. The highest BCUT2D eigenvalue weighted by molar-refractivity contribution is 5.89. The van der Waals surface area contributed by atoms with Crippen LogP contribution >= 0.6 is 0 Å². The van der Waals surface area contributed by atoms with Gasteiger partial charge in [-0.1, -0.05) is 12.1 Å². The van der Waals surface area contributed by atoms with Crippen LogP contribution in [-0.4, -0.2) is 30.3 Å². The van der Waals surface area contributed by atoms with E-state index in [1.807, 2.05) is 0 Å². The smallest absolute Gasteiger partial charge is 0.465 e. The van der Waals surface area contributed by atoms with Gasteiger partial charge in [0.25, 0.3) is 0 Å². The number of carbonyl (C=O) groups is 1. The molecule has 3 aromatic rings. The molecule has 158 valence electrons. The monoisotopic (exact) mass is 430 g/mol. The predicted molar refractivity (Wildman–Crippen MR) is 92.8 cm³/mol. The van der Waals surface area contributed by atoms with Crippen molar-refractivity contribution in [2.24, 2.45) is 0 Å². The lowest BCUT2D eigenvalue weighted by Crippen LogP contribution is -2.46. The van der Waals surface area contributed by atoms with Gasteiger partial charge in [-0.2, -0.15) is 22.0 Å². The molecule has 0 bridgehead atoms. The molecule has 0 radical (unpaired) electrons. The second-order valence-electron chi connectivity index (χ2n) is 5.98. The predicted octanol–water partition coefficient (Wildman–Crippen LogP) is 4.28. The summed E-state index contributed by atoms with van der Waals surface area (Å²) in [5, 5.41) is 9.70. The van der Waals surface area contributed by atoms with Gasteiger partial charge >= 0.3 is 18.1 Å². The number of alkyl halides is 5. The van der Waals surface area contributed by atoms with E-state index in [2.05, 4.69) is 4.74 Å². The first kappa shape index (κ1) is 21.1. The van der Waals surface area contributed by atoms with Gasteiger partial charge in [0.1, 0.15) is 34.5 Å². The van der Waals surface area contributed by atoms with Gasteiger partial charge < -0.3 is 19.0 Å². The topological polar surface area (TPSA) is 86.0 Å². The van der Waals surface area contributed by atoms with Gasteiger partial charge in [-0.3, -0.25) is 4.79 Å². The molecular weight excluding hydrogens is 419 g/mol. The Bertz CT molecular complexity index is 1160. The molecular formula is C19H11F5O6. The highest BCUT2D eigenvalue weighted by Crippen LogP contribution is 2.38. The summed E-state index contributed by atoms with van der Waals surface area (Å²) in [6.45, 7) is 0. The van der Waals surface area contributed by atoms with E-state index in [0.717, 1.165) is 12.3 Å². The number of fused-ring (bicyclic) bond motifs is 1. The first-order valence-electron chi connectivity index (χ1n) is 8.05. The fraction of sp³-hybridized carbons (Fsp3) is 0.158. The van der Waals surface area contributed by atoms with Crippen LogP contribution in [0.5, 0.6) is 17.2 Å². The van der Waals surface area contributed by atoms with Gasteiger partial charge in [-0.05, 0) is 17.7 Å². The number of phenols is 1. The largest absolute Gasteiger partial charge is 0.507 e. The first-order valence-corrected chi connectivity index (χ1v) is 8.05. The molecule has 2 aromatic carbocycles. The van der Waals surface area contributed by atoms with Gasteiger partial charge in [0.15, 0.2) is 0 Å². The molecule has 1 heterocycles. The molecule has 6 nitrogen and oxygen atoms in total. The summed E-state index contributed by atoms with van der Waals surface area (Å²) < 4.78 is 77.1. The van der Waals surface area contributed by atoms with E-state index >= 15 is 0 Å². The zero-order valence-corrected chi connectivity index (χ0v) is 14.9. The molecule has 0 spiro atoms. The summed E-state index contributed by atoms with van der Waals surface area (Å²) >= 11 is 0. The standard InChI is InChI=1S/C19H11F5O6/c1-28-10-4-2-9(3-5-10)12-8-29-14-7-11(6-13(25)15(14)16(12)26)30-17(27)18(20,21)19(22,23)24/h2-8,25H,1H3. The van der Waals surface area contributed by atoms with Crippen LogP contribution in [0.4, 0.5) is 22.0 Å². The van der Waals surface area contributed by atoms with Crippen LogP contribution in [0.3, 0.4) is 0 Å². The minimum atomic E-state index is -6.16. The number of hydrogen-bond donors (Lipinski definition) is 1. The van der Waals surface area contributed by atoms with E-state index < -0.39 is 40.6 Å². The highest BCUT2D eigenvalue weighted by atomic mass is 19.4. The number of halogens is 5. The van der Waals surface area contributed by atoms with E-state index in [1.54, 1.807) is 24.3 Å². The average Bonchev–Trinajstić information content (AvgIpc) is 2.67. The van der Waals surface area contributed by atoms with Gasteiger partial charge in [0, 0.05) is 12.1 Å². The summed E-state index contributed by atoms with van der Waals surface area (Å²) in [5.41, 5.74) is -0.659. The maximum Gasteiger partial charge on any atom is 0.465 e. The lowest BCUT2D eigenvalue weighted by Gasteiger charge is -2.17. The molecule has 0 fully saturated rings. The van der Waals surface area contributed by atoms with E-state index in [-0.39, 0.29) is 10.9 Å². The molecule has 1 aromatic heterocycles. The lowest BCUT2D eigenvalue weighted by atomic mass is 10.0. The minimum absolute atomic E-state index is 0.0359. The van der Waals surface area contributed by atoms with Gasteiger partial charge in [0.05, 0.1) is 12.7 Å². The number of benzene rings is 2. The third kappa shape index (κ3) is 3.65. The van der Waals surface area contributed by atoms with E-state index in [1.165, 1.54) is 7.11 Å². The number of aromatic hydroxyl groups is 1. The van der Waals surface area contributed by atoms with Crippen LogP contribution in [0.25, 0.3) is 22.1 Å². The van der Waals surface area contributed by atoms with Gasteiger partial charge in [0.2, 0.25) is 5.43 Å². The Kier molecular flexibility index (Phi) is 5.15. The van der Waals surface area contributed by atoms with Crippen LogP contribution in [0.1, 0.15) is 0 Å². The van der Waals surface area contributed by atoms with Crippen LogP contribution in [0.15, 0.2) is 51.9 Å². The van der Waals surface area contributed by atoms with E-state index in [9.17, 15) is 36.6 Å². The van der Waals surface area contributed by atoms with E-state index in [0.29, 0.717) is 17.4 Å². The Labute approximate surface area is 164 Å². The molecule has 0 aliphatic carbocycles. The third-order valence-corrected chi connectivity index (χ3v) is 4.05. The Morgan fingerprint density at radius 3 is 2.23 bits per heavy atom. The van der Waals surface area contributed by atoms with Crippen molar-refractivity contribution in [2.75, 3.05) is 7.11 Å². The molecule has 1 N–H and O–H groups in total. The van der Waals surface area contributed by atoms with Crippen LogP contribution < -0.4 is 14.9 Å². The normalized spacial score (nSPS) is 12.1. The number of carbonyl (C=O) groups excluding carboxylic acids is 1. The molecule has 0 atom stereocenters. The molecule has 0 saturated carbocycles. The number of hydrogen-bond acceptors (Lipinski definition) is 6. The fourth-order valence-corrected chi connectivity index (χ4v) is 2.52. The second kappa shape index (κ2) is 7.32. The maximum absolute atomic E-state index is 13.0. The van der Waals surface area contributed by atoms with Gasteiger partial charge in [-0.15, -0.1) is 0 Å². The summed E-state index contributed by atoms with van der Waals surface area (Å²) in [6.07, 6.45) is -5.16. The molecule has 0 saturated heterocycles. The Morgan fingerprint density at radius 1 is 1.03 bits per heavy atom. The van der Waals surface area contributed by atoms with Crippen molar-refractivity contribution in [3.05, 3.63) is 52.9 Å². The zero-order chi connectivity index (χ0) is 22.3. The van der Waals surface area contributed by atoms with Crippen molar-refractivity contribution >= 4 is 16.9 Å². The van der Waals surface area contributed by atoms with Crippen molar-refractivity contribution in [3.8, 4) is 28.4 Å². The molecule has 11 heteroatoms. The van der Waals surface area contributed by atoms with Gasteiger partial charge in [-0.25, -0.2) is 4.79 Å². The molecule has 0 aliphatic rings. The second-order valence-corrected chi connectivity index (χ2v) is 5.98. The highest BCUT2D eigenvalue weighted by Gasteiger charge is 2.65. The minimum Gasteiger partial charge on any atom is -0.507 e. The quantitative estimate of drug-likeness (QED) is 0.378. The Balaban J connectivity index is 2.01. The molecule has 3 rings (SSSR count). The van der Waals surface area contributed by atoms with Crippen molar-refractivity contribution in [1.29, 1.82) is 0 Å². The molecule has 0 unspecified atom stereocenters. The van der Waals surface area contributed by atoms with Crippen molar-refractivity contribution < 1.29 is 45.7 Å². The van der Waals surface area contributed by atoms with Crippen molar-refractivity contribution in [3.63, 3.8) is 0 Å². The van der Waals surface area contributed by atoms with E-state index in [4.69, 9.17) is 9.15 Å². The van der Waals surface area contributed by atoms with Crippen LogP contribution in [-0.2, 0) is 4.79 Å².